The highest BCUT2D eigenvalue weighted by atomic mass is 15.3. The van der Waals surface area contributed by atoms with Crippen LogP contribution in [0.4, 0.5) is 5.69 Å². The van der Waals surface area contributed by atoms with Gasteiger partial charge in [0, 0.05) is 30.4 Å². The lowest BCUT2D eigenvalue weighted by atomic mass is 9.95. The van der Waals surface area contributed by atoms with Crippen LogP contribution in [0.5, 0.6) is 0 Å². The summed E-state index contributed by atoms with van der Waals surface area (Å²) >= 11 is 0. The zero-order chi connectivity index (χ0) is 13.2. The highest BCUT2D eigenvalue weighted by Crippen LogP contribution is 2.25. The molecule has 1 N–H and O–H groups in total. The molecule has 1 unspecified atom stereocenters. The minimum atomic E-state index is 0.439. The van der Waals surface area contributed by atoms with Crippen LogP contribution in [-0.2, 0) is 12.8 Å². The average molecular weight is 255 g/mol. The number of hydrogen-bond donors (Lipinski definition) is 1. The lowest BCUT2D eigenvalue weighted by molar-refractivity contribution is 0.520. The van der Waals surface area contributed by atoms with E-state index in [1.807, 2.05) is 4.68 Å². The SMILES string of the molecule is CC(C)n1ccc(CC2CCc3ccccc3N2)n1. The number of rotatable bonds is 3. The molecule has 3 nitrogen and oxygen atoms in total. The van der Waals surface area contributed by atoms with Crippen molar-refractivity contribution in [2.45, 2.75) is 45.2 Å². The van der Waals surface area contributed by atoms with Gasteiger partial charge in [-0.15, -0.1) is 0 Å². The largest absolute Gasteiger partial charge is 0.382 e. The molecule has 1 aromatic carbocycles. The molecule has 0 aliphatic carbocycles. The lowest BCUT2D eigenvalue weighted by Gasteiger charge is -2.26. The molecule has 2 aromatic rings. The lowest BCUT2D eigenvalue weighted by Crippen LogP contribution is -2.27. The molecule has 3 rings (SSSR count). The number of hydrogen-bond acceptors (Lipinski definition) is 2. The van der Waals surface area contributed by atoms with Crippen LogP contribution in [-0.4, -0.2) is 15.8 Å². The molecule has 1 aliphatic heterocycles. The molecule has 1 atom stereocenters. The number of aryl methyl sites for hydroxylation is 1. The fraction of sp³-hybridized carbons (Fsp3) is 0.438. The van der Waals surface area contributed by atoms with E-state index in [1.165, 1.54) is 29.8 Å². The second-order valence-electron chi connectivity index (χ2n) is 5.62. The van der Waals surface area contributed by atoms with Gasteiger partial charge in [-0.3, -0.25) is 4.68 Å². The quantitative estimate of drug-likeness (QED) is 0.910. The van der Waals surface area contributed by atoms with Crippen LogP contribution in [0.3, 0.4) is 0 Å². The maximum absolute atomic E-state index is 4.64. The minimum Gasteiger partial charge on any atom is -0.382 e. The number of para-hydroxylation sites is 1. The Bertz CT molecular complexity index is 557. The fourth-order valence-electron chi connectivity index (χ4n) is 2.68. The van der Waals surface area contributed by atoms with Crippen molar-refractivity contribution in [1.29, 1.82) is 0 Å². The molecular weight excluding hydrogens is 234 g/mol. The van der Waals surface area contributed by atoms with Crippen molar-refractivity contribution >= 4 is 5.69 Å². The van der Waals surface area contributed by atoms with Gasteiger partial charge in [0.15, 0.2) is 0 Å². The van der Waals surface area contributed by atoms with Gasteiger partial charge in [0.05, 0.1) is 5.69 Å². The summed E-state index contributed by atoms with van der Waals surface area (Å²) in [6.07, 6.45) is 5.44. The first-order valence-electron chi connectivity index (χ1n) is 7.11. The van der Waals surface area contributed by atoms with Crippen molar-refractivity contribution in [1.82, 2.24) is 9.78 Å². The van der Waals surface area contributed by atoms with E-state index in [0.29, 0.717) is 12.1 Å². The van der Waals surface area contributed by atoms with Crippen molar-refractivity contribution in [2.24, 2.45) is 0 Å². The summed E-state index contributed by atoms with van der Waals surface area (Å²) in [7, 11) is 0. The number of nitrogens with zero attached hydrogens (tertiary/aromatic N) is 2. The molecule has 1 aromatic heterocycles. The second-order valence-corrected chi connectivity index (χ2v) is 5.62. The third-order valence-electron chi connectivity index (χ3n) is 3.79. The zero-order valence-corrected chi connectivity index (χ0v) is 11.6. The van der Waals surface area contributed by atoms with Crippen LogP contribution >= 0.6 is 0 Å². The Morgan fingerprint density at radius 2 is 2.16 bits per heavy atom. The Balaban J connectivity index is 1.68. The molecule has 0 fully saturated rings. The number of nitrogens with one attached hydrogen (secondary N) is 1. The Labute approximate surface area is 114 Å². The first kappa shape index (κ1) is 12.3. The van der Waals surface area contributed by atoms with Crippen LogP contribution in [0.1, 0.15) is 37.6 Å². The van der Waals surface area contributed by atoms with E-state index in [1.54, 1.807) is 0 Å². The first-order chi connectivity index (χ1) is 9.22. The van der Waals surface area contributed by atoms with Gasteiger partial charge >= 0.3 is 0 Å². The van der Waals surface area contributed by atoms with Gasteiger partial charge in [0.1, 0.15) is 0 Å². The molecule has 3 heteroatoms. The molecule has 0 saturated carbocycles. The topological polar surface area (TPSA) is 29.9 Å². The number of aromatic nitrogens is 2. The van der Waals surface area contributed by atoms with Crippen molar-refractivity contribution in [2.75, 3.05) is 5.32 Å². The predicted molar refractivity (Wildman–Crippen MR) is 78.5 cm³/mol. The van der Waals surface area contributed by atoms with Gasteiger partial charge in [-0.05, 0) is 44.4 Å². The van der Waals surface area contributed by atoms with E-state index in [2.05, 4.69) is 60.8 Å². The number of benzene rings is 1. The normalized spacial score (nSPS) is 18.2. The average Bonchev–Trinajstić information content (AvgIpc) is 2.87. The summed E-state index contributed by atoms with van der Waals surface area (Å²) in [6, 6.07) is 11.7. The molecule has 19 heavy (non-hydrogen) atoms. The highest BCUT2D eigenvalue weighted by molar-refractivity contribution is 5.53. The summed E-state index contributed by atoms with van der Waals surface area (Å²) in [4.78, 5) is 0. The van der Waals surface area contributed by atoms with Crippen molar-refractivity contribution in [3.63, 3.8) is 0 Å². The summed E-state index contributed by atoms with van der Waals surface area (Å²) in [5.74, 6) is 0. The molecule has 0 amide bonds. The second kappa shape index (κ2) is 5.08. The standard InChI is InChI=1S/C16H21N3/c1-12(2)19-10-9-15(18-19)11-14-8-7-13-5-3-4-6-16(13)17-14/h3-6,9-10,12,14,17H,7-8,11H2,1-2H3. The van der Waals surface area contributed by atoms with Crippen LogP contribution in [0.15, 0.2) is 36.5 Å². The first-order valence-corrected chi connectivity index (χ1v) is 7.11. The van der Waals surface area contributed by atoms with Gasteiger partial charge in [-0.25, -0.2) is 0 Å². The maximum atomic E-state index is 4.64. The number of anilines is 1. The summed E-state index contributed by atoms with van der Waals surface area (Å²) < 4.78 is 2.03. The van der Waals surface area contributed by atoms with E-state index in [0.717, 1.165) is 6.42 Å². The third-order valence-corrected chi connectivity index (χ3v) is 3.79. The minimum absolute atomic E-state index is 0.439. The molecule has 0 saturated heterocycles. The van der Waals surface area contributed by atoms with Gasteiger partial charge in [0.25, 0.3) is 0 Å². The molecule has 100 valence electrons. The molecule has 2 heterocycles. The highest BCUT2D eigenvalue weighted by Gasteiger charge is 2.18. The van der Waals surface area contributed by atoms with Gasteiger partial charge in [-0.1, -0.05) is 18.2 Å². The Morgan fingerprint density at radius 1 is 1.32 bits per heavy atom. The monoisotopic (exact) mass is 255 g/mol. The Kier molecular flexibility index (Phi) is 3.28. The van der Waals surface area contributed by atoms with Crippen LogP contribution in [0, 0.1) is 0 Å². The van der Waals surface area contributed by atoms with E-state index < -0.39 is 0 Å². The molecule has 1 aliphatic rings. The van der Waals surface area contributed by atoms with Crippen molar-refractivity contribution < 1.29 is 0 Å². The van der Waals surface area contributed by atoms with Crippen molar-refractivity contribution in [3.05, 3.63) is 47.8 Å². The molecule has 0 bridgehead atoms. The Morgan fingerprint density at radius 3 is 2.95 bits per heavy atom. The van der Waals surface area contributed by atoms with Gasteiger partial charge in [0.2, 0.25) is 0 Å². The van der Waals surface area contributed by atoms with Crippen LogP contribution < -0.4 is 5.32 Å². The molecule has 0 radical (unpaired) electrons. The van der Waals surface area contributed by atoms with Crippen LogP contribution in [0.2, 0.25) is 0 Å². The molecule has 0 spiro atoms. The van der Waals surface area contributed by atoms with E-state index in [9.17, 15) is 0 Å². The maximum Gasteiger partial charge on any atom is 0.0645 e. The smallest absolute Gasteiger partial charge is 0.0645 e. The summed E-state index contributed by atoms with van der Waals surface area (Å²) in [5.41, 5.74) is 3.92. The summed E-state index contributed by atoms with van der Waals surface area (Å²) in [6.45, 7) is 4.32. The number of fused-ring (bicyclic) bond motifs is 1. The summed E-state index contributed by atoms with van der Waals surface area (Å²) in [5, 5.41) is 8.27. The predicted octanol–water partition coefficient (Wildman–Crippen LogP) is 3.43. The Hall–Kier alpha value is -1.77. The fourth-order valence-corrected chi connectivity index (χ4v) is 2.68. The van der Waals surface area contributed by atoms with Gasteiger partial charge in [-0.2, -0.15) is 5.10 Å². The van der Waals surface area contributed by atoms with Gasteiger partial charge < -0.3 is 5.32 Å². The van der Waals surface area contributed by atoms with E-state index >= 15 is 0 Å². The van der Waals surface area contributed by atoms with E-state index in [-0.39, 0.29) is 0 Å². The van der Waals surface area contributed by atoms with Crippen LogP contribution in [0.25, 0.3) is 0 Å². The third kappa shape index (κ3) is 2.65. The van der Waals surface area contributed by atoms with Crippen molar-refractivity contribution in [3.8, 4) is 0 Å². The zero-order valence-electron chi connectivity index (χ0n) is 11.6. The van der Waals surface area contributed by atoms with E-state index in [4.69, 9.17) is 0 Å². The molecular formula is C16H21N3.